The summed E-state index contributed by atoms with van der Waals surface area (Å²) in [5.41, 5.74) is 0. The van der Waals surface area contributed by atoms with Crippen LogP contribution in [-0.4, -0.2) is 40.3 Å². The van der Waals surface area contributed by atoms with E-state index in [-0.39, 0.29) is 0 Å². The Bertz CT molecular complexity index is 325. The molecule has 1 rings (SSSR count). The van der Waals surface area contributed by atoms with Gasteiger partial charge in [0.1, 0.15) is 11.0 Å². The van der Waals surface area contributed by atoms with E-state index in [4.69, 9.17) is 5.11 Å². The summed E-state index contributed by atoms with van der Waals surface area (Å²) in [5.74, 6) is -0.0801. The molecule has 0 saturated carbocycles. The number of carboxylic acid groups (broad SMARTS) is 1. The summed E-state index contributed by atoms with van der Waals surface area (Å²) < 4.78 is 0. The monoisotopic (exact) mass is 244 g/mol. The third kappa shape index (κ3) is 4.44. The van der Waals surface area contributed by atoms with Crippen molar-refractivity contribution in [2.24, 2.45) is 4.99 Å². The molecule has 1 heterocycles. The van der Waals surface area contributed by atoms with E-state index in [2.05, 4.69) is 9.98 Å². The van der Waals surface area contributed by atoms with Crippen molar-refractivity contribution in [2.75, 3.05) is 12.0 Å². The molecule has 0 amide bonds. The van der Waals surface area contributed by atoms with E-state index in [1.165, 1.54) is 17.6 Å². The number of carboxylic acids is 1. The predicted molar refractivity (Wildman–Crippen MR) is 64.1 cm³/mol. The van der Waals surface area contributed by atoms with Crippen LogP contribution >= 0.6 is 23.1 Å². The molecule has 1 atom stereocenters. The Morgan fingerprint density at radius 3 is 3.20 bits per heavy atom. The van der Waals surface area contributed by atoms with Crippen molar-refractivity contribution in [2.45, 2.75) is 12.5 Å². The Hall–Kier alpha value is -0.880. The SMILES string of the molecule is CSCCC(/N=C/c1nccs1)C(=O)O. The van der Waals surface area contributed by atoms with Gasteiger partial charge in [-0.15, -0.1) is 11.3 Å². The van der Waals surface area contributed by atoms with Crippen molar-refractivity contribution in [3.63, 3.8) is 0 Å². The van der Waals surface area contributed by atoms with E-state index >= 15 is 0 Å². The van der Waals surface area contributed by atoms with Gasteiger partial charge in [-0.05, 0) is 18.4 Å². The van der Waals surface area contributed by atoms with E-state index in [0.29, 0.717) is 6.42 Å². The van der Waals surface area contributed by atoms with E-state index in [9.17, 15) is 4.79 Å². The van der Waals surface area contributed by atoms with Gasteiger partial charge in [0.15, 0.2) is 0 Å². The fourth-order valence-corrected chi connectivity index (χ4v) is 1.91. The fourth-order valence-electron chi connectivity index (χ4n) is 0.943. The van der Waals surface area contributed by atoms with Gasteiger partial charge in [0, 0.05) is 11.6 Å². The first-order chi connectivity index (χ1) is 7.24. The number of aromatic nitrogens is 1. The zero-order chi connectivity index (χ0) is 11.1. The zero-order valence-corrected chi connectivity index (χ0v) is 9.92. The second-order valence-corrected chi connectivity index (χ2v) is 4.70. The Labute approximate surface area is 96.5 Å². The minimum absolute atomic E-state index is 0.554. The minimum atomic E-state index is -0.878. The first-order valence-corrected chi connectivity index (χ1v) is 6.66. The summed E-state index contributed by atoms with van der Waals surface area (Å²) in [5, 5.41) is 11.5. The molecular formula is C9H12N2O2S2. The summed E-state index contributed by atoms with van der Waals surface area (Å²) in [7, 11) is 0. The largest absolute Gasteiger partial charge is 0.480 e. The lowest BCUT2D eigenvalue weighted by Crippen LogP contribution is -2.18. The molecule has 0 aromatic carbocycles. The maximum Gasteiger partial charge on any atom is 0.328 e. The van der Waals surface area contributed by atoms with Gasteiger partial charge in [0.25, 0.3) is 0 Å². The van der Waals surface area contributed by atoms with E-state index in [1.807, 2.05) is 11.6 Å². The van der Waals surface area contributed by atoms with Crippen LogP contribution in [0.5, 0.6) is 0 Å². The molecule has 6 heteroatoms. The molecule has 1 N–H and O–H groups in total. The molecule has 1 aromatic rings. The van der Waals surface area contributed by atoms with Crippen molar-refractivity contribution in [3.05, 3.63) is 16.6 Å². The standard InChI is InChI=1S/C9H12N2O2S2/c1-14-4-2-7(9(12)13)11-6-8-10-3-5-15-8/h3,5-7H,2,4H2,1H3,(H,12,13)/b11-6+. The quantitative estimate of drug-likeness (QED) is 0.775. The highest BCUT2D eigenvalue weighted by molar-refractivity contribution is 7.98. The van der Waals surface area contributed by atoms with Crippen LogP contribution in [0.4, 0.5) is 0 Å². The van der Waals surface area contributed by atoms with Crippen LogP contribution in [-0.2, 0) is 4.79 Å². The molecule has 0 fully saturated rings. The molecule has 0 aliphatic heterocycles. The lowest BCUT2D eigenvalue weighted by molar-refractivity contribution is -0.138. The molecule has 1 unspecified atom stereocenters. The molecule has 1 aromatic heterocycles. The fraction of sp³-hybridized carbons (Fsp3) is 0.444. The van der Waals surface area contributed by atoms with Crippen LogP contribution in [0.1, 0.15) is 11.4 Å². The summed E-state index contributed by atoms with van der Waals surface area (Å²) in [4.78, 5) is 18.8. The van der Waals surface area contributed by atoms with Gasteiger partial charge >= 0.3 is 5.97 Å². The first kappa shape index (κ1) is 12.2. The molecule has 4 nitrogen and oxygen atoms in total. The number of carbonyl (C=O) groups is 1. The highest BCUT2D eigenvalue weighted by Crippen LogP contribution is 2.06. The topological polar surface area (TPSA) is 62.5 Å². The third-order valence-corrected chi connectivity index (χ3v) is 3.05. The second-order valence-electron chi connectivity index (χ2n) is 2.78. The first-order valence-electron chi connectivity index (χ1n) is 4.38. The number of aliphatic carboxylic acids is 1. The third-order valence-electron chi connectivity index (χ3n) is 1.70. The molecule has 0 saturated heterocycles. The Morgan fingerprint density at radius 2 is 2.67 bits per heavy atom. The number of thioether (sulfide) groups is 1. The van der Waals surface area contributed by atoms with Crippen LogP contribution in [0.25, 0.3) is 0 Å². The smallest absolute Gasteiger partial charge is 0.328 e. The predicted octanol–water partition coefficient (Wildman–Crippen LogP) is 1.77. The molecule has 0 radical (unpaired) electrons. The van der Waals surface area contributed by atoms with Crippen molar-refractivity contribution < 1.29 is 9.90 Å². The summed E-state index contributed by atoms with van der Waals surface area (Å²) in [6, 6.07) is -0.652. The van der Waals surface area contributed by atoms with E-state index in [0.717, 1.165) is 10.8 Å². The van der Waals surface area contributed by atoms with Gasteiger partial charge in [-0.1, -0.05) is 0 Å². The average Bonchev–Trinajstić information content (AvgIpc) is 2.70. The Morgan fingerprint density at radius 1 is 1.87 bits per heavy atom. The summed E-state index contributed by atoms with van der Waals surface area (Å²) in [6.07, 6.45) is 5.70. The van der Waals surface area contributed by atoms with Crippen LogP contribution < -0.4 is 0 Å². The lowest BCUT2D eigenvalue weighted by atomic mass is 10.2. The van der Waals surface area contributed by atoms with Gasteiger partial charge in [-0.3, -0.25) is 4.99 Å². The molecular weight excluding hydrogens is 232 g/mol. The molecule has 15 heavy (non-hydrogen) atoms. The number of aliphatic imine (C=N–C) groups is 1. The Kier molecular flexibility index (Phi) is 5.34. The minimum Gasteiger partial charge on any atom is -0.480 e. The van der Waals surface area contributed by atoms with Crippen LogP contribution in [0.3, 0.4) is 0 Å². The van der Waals surface area contributed by atoms with Gasteiger partial charge < -0.3 is 5.11 Å². The van der Waals surface area contributed by atoms with Crippen LogP contribution in [0, 0.1) is 0 Å². The van der Waals surface area contributed by atoms with Gasteiger partial charge in [-0.2, -0.15) is 11.8 Å². The Balaban J connectivity index is 2.54. The number of thiazole rings is 1. The highest BCUT2D eigenvalue weighted by Gasteiger charge is 2.14. The molecule has 82 valence electrons. The van der Waals surface area contributed by atoms with Gasteiger partial charge in [-0.25, -0.2) is 9.78 Å². The van der Waals surface area contributed by atoms with Gasteiger partial charge in [0.05, 0.1) is 6.21 Å². The van der Waals surface area contributed by atoms with E-state index < -0.39 is 12.0 Å². The number of nitrogens with zero attached hydrogens (tertiary/aromatic N) is 2. The zero-order valence-electron chi connectivity index (χ0n) is 8.29. The van der Waals surface area contributed by atoms with Crippen LogP contribution in [0.15, 0.2) is 16.6 Å². The van der Waals surface area contributed by atoms with Gasteiger partial charge in [0.2, 0.25) is 0 Å². The van der Waals surface area contributed by atoms with Crippen molar-refractivity contribution in [1.82, 2.24) is 4.98 Å². The molecule has 0 aliphatic carbocycles. The maximum atomic E-state index is 10.8. The molecule has 0 aliphatic rings. The molecule has 0 bridgehead atoms. The summed E-state index contributed by atoms with van der Waals surface area (Å²) in [6.45, 7) is 0. The maximum absolute atomic E-state index is 10.8. The van der Waals surface area contributed by atoms with Crippen molar-refractivity contribution >= 4 is 35.3 Å². The number of hydrogen-bond donors (Lipinski definition) is 1. The average molecular weight is 244 g/mol. The molecule has 0 spiro atoms. The normalized spacial score (nSPS) is 13.1. The lowest BCUT2D eigenvalue weighted by Gasteiger charge is -2.04. The van der Waals surface area contributed by atoms with E-state index in [1.54, 1.807) is 18.0 Å². The second kappa shape index (κ2) is 6.58. The van der Waals surface area contributed by atoms with Crippen LogP contribution in [0.2, 0.25) is 0 Å². The highest BCUT2D eigenvalue weighted by atomic mass is 32.2. The number of rotatable bonds is 6. The van der Waals surface area contributed by atoms with Crippen molar-refractivity contribution in [1.29, 1.82) is 0 Å². The number of hydrogen-bond acceptors (Lipinski definition) is 5. The summed E-state index contributed by atoms with van der Waals surface area (Å²) >= 11 is 3.06. The van der Waals surface area contributed by atoms with Crippen molar-refractivity contribution in [3.8, 4) is 0 Å².